The van der Waals surface area contributed by atoms with E-state index in [0.29, 0.717) is 6.04 Å². The van der Waals surface area contributed by atoms with Gasteiger partial charge in [-0.3, -0.25) is 4.90 Å². The minimum absolute atomic E-state index is 0.287. The molecule has 0 saturated carbocycles. The van der Waals surface area contributed by atoms with Gasteiger partial charge < -0.3 is 9.84 Å². The predicted octanol–water partition coefficient (Wildman–Crippen LogP) is 3.79. The lowest BCUT2D eigenvalue weighted by Crippen LogP contribution is -2.36. The molecule has 0 radical (unpaired) electrons. The minimum Gasteiger partial charge on any atom is -0.507 e. The monoisotopic (exact) mass is 329 g/mol. The molecule has 3 nitrogen and oxygen atoms in total. The van der Waals surface area contributed by atoms with Crippen LogP contribution in [0.15, 0.2) is 22.7 Å². The van der Waals surface area contributed by atoms with Crippen molar-refractivity contribution in [3.8, 4) is 5.75 Å². The maximum atomic E-state index is 9.54. The molecule has 1 aromatic rings. The van der Waals surface area contributed by atoms with Crippen LogP contribution in [-0.2, 0) is 11.3 Å². The maximum absolute atomic E-state index is 9.54. The molecule has 0 aromatic heterocycles. The van der Waals surface area contributed by atoms with Gasteiger partial charge in [-0.2, -0.15) is 0 Å². The first-order valence-electron chi connectivity index (χ1n) is 6.82. The molecule has 4 heteroatoms. The van der Waals surface area contributed by atoms with Crippen LogP contribution in [0.2, 0.25) is 0 Å². The van der Waals surface area contributed by atoms with Gasteiger partial charge in [-0.25, -0.2) is 0 Å². The second kappa shape index (κ2) is 8.56. The molecule has 0 aliphatic heterocycles. The lowest BCUT2D eigenvalue weighted by atomic mass is 10.1. The Morgan fingerprint density at radius 3 is 2.53 bits per heavy atom. The first-order chi connectivity index (χ1) is 9.12. The van der Waals surface area contributed by atoms with Crippen LogP contribution in [0.3, 0.4) is 0 Å². The quantitative estimate of drug-likeness (QED) is 0.787. The zero-order valence-corrected chi connectivity index (χ0v) is 13.6. The fourth-order valence-electron chi connectivity index (χ4n) is 2.29. The molecule has 0 spiro atoms. The summed E-state index contributed by atoms with van der Waals surface area (Å²) in [5.41, 5.74) is 1.20. The second-order valence-electron chi connectivity index (χ2n) is 4.72. The Morgan fingerprint density at radius 1 is 1.32 bits per heavy atom. The van der Waals surface area contributed by atoms with Crippen molar-refractivity contribution in [1.29, 1.82) is 0 Å². The zero-order chi connectivity index (χ0) is 14.3. The highest BCUT2D eigenvalue weighted by Gasteiger charge is 2.15. The van der Waals surface area contributed by atoms with E-state index in [1.165, 1.54) is 5.56 Å². The number of hydrogen-bond donors (Lipinski definition) is 1. The van der Waals surface area contributed by atoms with Crippen molar-refractivity contribution in [2.45, 2.75) is 39.3 Å². The molecule has 108 valence electrons. The van der Waals surface area contributed by atoms with E-state index in [1.54, 1.807) is 13.2 Å². The first kappa shape index (κ1) is 16.5. The SMILES string of the molecule is CCC(CC)N(CCOC)Cc1ccc(O)c(Br)c1. The molecule has 19 heavy (non-hydrogen) atoms. The fourth-order valence-corrected chi connectivity index (χ4v) is 2.71. The summed E-state index contributed by atoms with van der Waals surface area (Å²) in [6, 6.07) is 6.27. The van der Waals surface area contributed by atoms with Crippen LogP contribution in [0.5, 0.6) is 5.75 Å². The summed E-state index contributed by atoms with van der Waals surface area (Å²) in [6.45, 7) is 7.01. The Labute approximate surface area is 124 Å². The molecule has 0 amide bonds. The molecule has 1 aromatic carbocycles. The number of halogens is 1. The average molecular weight is 330 g/mol. The molecule has 1 N–H and O–H groups in total. The van der Waals surface area contributed by atoms with Crippen LogP contribution < -0.4 is 0 Å². The van der Waals surface area contributed by atoms with E-state index in [1.807, 2.05) is 12.1 Å². The number of phenolic OH excluding ortho intramolecular Hbond substituents is 1. The predicted molar refractivity (Wildman–Crippen MR) is 82.5 cm³/mol. The summed E-state index contributed by atoms with van der Waals surface area (Å²) in [5, 5.41) is 9.54. The van der Waals surface area contributed by atoms with E-state index < -0.39 is 0 Å². The fraction of sp³-hybridized carbons (Fsp3) is 0.600. The number of ether oxygens (including phenoxy) is 1. The van der Waals surface area contributed by atoms with Crippen molar-refractivity contribution >= 4 is 15.9 Å². The molecular weight excluding hydrogens is 306 g/mol. The molecule has 0 heterocycles. The van der Waals surface area contributed by atoms with Gasteiger partial charge in [0.2, 0.25) is 0 Å². The minimum atomic E-state index is 0.287. The van der Waals surface area contributed by atoms with Crippen molar-refractivity contribution in [3.05, 3.63) is 28.2 Å². The Morgan fingerprint density at radius 2 is 2.00 bits per heavy atom. The number of nitrogens with zero attached hydrogens (tertiary/aromatic N) is 1. The number of phenols is 1. The van der Waals surface area contributed by atoms with Gasteiger partial charge in [-0.15, -0.1) is 0 Å². The maximum Gasteiger partial charge on any atom is 0.129 e. The summed E-state index contributed by atoms with van der Waals surface area (Å²) in [5.74, 6) is 0.287. The van der Waals surface area contributed by atoms with Gasteiger partial charge in [0.05, 0.1) is 11.1 Å². The number of aromatic hydroxyl groups is 1. The third-order valence-electron chi connectivity index (χ3n) is 3.44. The largest absolute Gasteiger partial charge is 0.507 e. The summed E-state index contributed by atoms with van der Waals surface area (Å²) in [6.07, 6.45) is 2.28. The first-order valence-corrected chi connectivity index (χ1v) is 7.62. The molecular formula is C15H24BrNO2. The highest BCUT2D eigenvalue weighted by atomic mass is 79.9. The van der Waals surface area contributed by atoms with E-state index in [-0.39, 0.29) is 5.75 Å². The van der Waals surface area contributed by atoms with Crippen LogP contribution in [-0.4, -0.2) is 36.3 Å². The molecule has 0 fully saturated rings. The van der Waals surface area contributed by atoms with Gasteiger partial charge in [0.15, 0.2) is 0 Å². The average Bonchev–Trinajstić information content (AvgIpc) is 2.41. The summed E-state index contributed by atoms with van der Waals surface area (Å²) in [7, 11) is 1.74. The van der Waals surface area contributed by atoms with Gasteiger partial charge in [0, 0.05) is 26.2 Å². The Bertz CT molecular complexity index is 380. The van der Waals surface area contributed by atoms with Crippen LogP contribution in [0.4, 0.5) is 0 Å². The van der Waals surface area contributed by atoms with E-state index in [4.69, 9.17) is 4.74 Å². The lowest BCUT2D eigenvalue weighted by molar-refractivity contribution is 0.110. The van der Waals surface area contributed by atoms with Crippen molar-refractivity contribution in [1.82, 2.24) is 4.90 Å². The van der Waals surface area contributed by atoms with Crippen molar-refractivity contribution in [2.24, 2.45) is 0 Å². The van der Waals surface area contributed by atoms with Crippen molar-refractivity contribution in [3.63, 3.8) is 0 Å². The Hall–Kier alpha value is -0.580. The lowest BCUT2D eigenvalue weighted by Gasteiger charge is -2.30. The molecule has 0 aliphatic rings. The van der Waals surface area contributed by atoms with E-state index >= 15 is 0 Å². The zero-order valence-electron chi connectivity index (χ0n) is 12.0. The second-order valence-corrected chi connectivity index (χ2v) is 5.57. The molecule has 0 saturated heterocycles. The summed E-state index contributed by atoms with van der Waals surface area (Å²) < 4.78 is 5.95. The van der Waals surface area contributed by atoms with Gasteiger partial charge in [-0.1, -0.05) is 19.9 Å². The highest BCUT2D eigenvalue weighted by molar-refractivity contribution is 9.10. The Kier molecular flexibility index (Phi) is 7.42. The van der Waals surface area contributed by atoms with Crippen LogP contribution in [0.1, 0.15) is 32.3 Å². The third kappa shape index (κ3) is 5.13. The molecule has 1 rings (SSSR count). The van der Waals surface area contributed by atoms with Gasteiger partial charge in [-0.05, 0) is 46.5 Å². The van der Waals surface area contributed by atoms with E-state index in [2.05, 4.69) is 34.7 Å². The van der Waals surface area contributed by atoms with E-state index in [9.17, 15) is 5.11 Å². The summed E-state index contributed by atoms with van der Waals surface area (Å²) >= 11 is 3.37. The number of rotatable bonds is 8. The standard InChI is InChI=1S/C15H24BrNO2/c1-4-13(5-2)17(8-9-19-3)11-12-6-7-15(18)14(16)10-12/h6-7,10,13,18H,4-5,8-9,11H2,1-3H3. The normalized spacial score (nSPS) is 11.5. The molecule has 0 aliphatic carbocycles. The number of hydrogen-bond acceptors (Lipinski definition) is 3. The highest BCUT2D eigenvalue weighted by Crippen LogP contribution is 2.25. The number of methoxy groups -OCH3 is 1. The smallest absolute Gasteiger partial charge is 0.129 e. The third-order valence-corrected chi connectivity index (χ3v) is 4.07. The molecule has 0 atom stereocenters. The van der Waals surface area contributed by atoms with E-state index in [0.717, 1.165) is 37.0 Å². The van der Waals surface area contributed by atoms with Crippen LogP contribution in [0, 0.1) is 0 Å². The summed E-state index contributed by atoms with van der Waals surface area (Å²) in [4.78, 5) is 2.45. The van der Waals surface area contributed by atoms with Gasteiger partial charge >= 0.3 is 0 Å². The molecule has 0 bridgehead atoms. The van der Waals surface area contributed by atoms with Gasteiger partial charge in [0.25, 0.3) is 0 Å². The Balaban J connectivity index is 2.77. The van der Waals surface area contributed by atoms with Crippen molar-refractivity contribution in [2.75, 3.05) is 20.3 Å². The van der Waals surface area contributed by atoms with Crippen LogP contribution in [0.25, 0.3) is 0 Å². The van der Waals surface area contributed by atoms with Gasteiger partial charge in [0.1, 0.15) is 5.75 Å². The molecule has 0 unspecified atom stereocenters. The van der Waals surface area contributed by atoms with Crippen molar-refractivity contribution < 1.29 is 9.84 Å². The topological polar surface area (TPSA) is 32.7 Å². The van der Waals surface area contributed by atoms with Crippen LogP contribution >= 0.6 is 15.9 Å². The number of benzene rings is 1.